The summed E-state index contributed by atoms with van der Waals surface area (Å²) in [6.45, 7) is 5.62. The Labute approximate surface area is 147 Å². The molecule has 2 rings (SSSR count). The number of carbonyl (C=O) groups excluding carboxylic acids is 1. The van der Waals surface area contributed by atoms with Gasteiger partial charge in [-0.3, -0.25) is 4.79 Å². The fourth-order valence-corrected chi connectivity index (χ4v) is 2.21. The standard InChI is InChI=1S/C18H23ClN4O/c1-13(2)7-9-20-17(24)15-11-22-18(23-12-15)21-10-8-14-3-5-16(19)6-4-14/h3-6,11-13H,7-10H2,1-2H3,(H,20,24)(H,21,22,23). The zero-order chi connectivity index (χ0) is 17.4. The molecule has 0 aliphatic carbocycles. The van der Waals surface area contributed by atoms with Gasteiger partial charge in [0.05, 0.1) is 5.56 Å². The zero-order valence-electron chi connectivity index (χ0n) is 14.1. The van der Waals surface area contributed by atoms with Crippen LogP contribution in [-0.4, -0.2) is 29.0 Å². The number of nitrogens with one attached hydrogen (secondary N) is 2. The summed E-state index contributed by atoms with van der Waals surface area (Å²) in [4.78, 5) is 20.3. The molecule has 6 heteroatoms. The van der Waals surface area contributed by atoms with E-state index in [4.69, 9.17) is 11.6 Å². The summed E-state index contributed by atoms with van der Waals surface area (Å²) in [7, 11) is 0. The molecule has 1 aromatic heterocycles. The number of hydrogen-bond donors (Lipinski definition) is 2. The number of aromatic nitrogens is 2. The van der Waals surface area contributed by atoms with Crippen LogP contribution >= 0.6 is 11.6 Å². The first-order valence-electron chi connectivity index (χ1n) is 8.13. The van der Waals surface area contributed by atoms with E-state index in [0.29, 0.717) is 30.5 Å². The number of halogens is 1. The third-order valence-corrected chi connectivity index (χ3v) is 3.78. The first-order chi connectivity index (χ1) is 11.5. The number of carbonyl (C=O) groups is 1. The Bertz CT molecular complexity index is 641. The smallest absolute Gasteiger partial charge is 0.254 e. The predicted octanol–water partition coefficient (Wildman–Crippen LogP) is 3.56. The van der Waals surface area contributed by atoms with Crippen molar-refractivity contribution in [2.45, 2.75) is 26.7 Å². The predicted molar refractivity (Wildman–Crippen MR) is 97.5 cm³/mol. The molecule has 1 amide bonds. The van der Waals surface area contributed by atoms with Gasteiger partial charge in [-0.1, -0.05) is 37.6 Å². The van der Waals surface area contributed by atoms with Gasteiger partial charge in [0.2, 0.25) is 5.95 Å². The molecule has 0 saturated heterocycles. The molecule has 0 atom stereocenters. The number of rotatable bonds is 8. The fraction of sp³-hybridized carbons (Fsp3) is 0.389. The van der Waals surface area contributed by atoms with Crippen LogP contribution in [0.1, 0.15) is 36.2 Å². The van der Waals surface area contributed by atoms with Crippen LogP contribution in [0.25, 0.3) is 0 Å². The molecule has 128 valence electrons. The monoisotopic (exact) mass is 346 g/mol. The van der Waals surface area contributed by atoms with E-state index in [-0.39, 0.29) is 5.91 Å². The average Bonchev–Trinajstić information content (AvgIpc) is 2.57. The second-order valence-electron chi connectivity index (χ2n) is 6.04. The molecule has 2 N–H and O–H groups in total. The Kier molecular flexibility index (Phi) is 7.00. The van der Waals surface area contributed by atoms with Gasteiger partial charge in [0, 0.05) is 30.5 Å². The minimum absolute atomic E-state index is 0.136. The second-order valence-corrected chi connectivity index (χ2v) is 6.47. The molecule has 0 spiro atoms. The molecule has 24 heavy (non-hydrogen) atoms. The molecule has 0 aliphatic rings. The fourth-order valence-electron chi connectivity index (χ4n) is 2.08. The Hall–Kier alpha value is -2.14. The largest absolute Gasteiger partial charge is 0.354 e. The SMILES string of the molecule is CC(C)CCNC(=O)c1cnc(NCCc2ccc(Cl)cc2)nc1. The van der Waals surface area contributed by atoms with Crippen LogP contribution < -0.4 is 10.6 Å². The van der Waals surface area contributed by atoms with Crippen molar-refractivity contribution in [1.82, 2.24) is 15.3 Å². The summed E-state index contributed by atoms with van der Waals surface area (Å²) in [6.07, 6.45) is 4.89. The minimum Gasteiger partial charge on any atom is -0.354 e. The van der Waals surface area contributed by atoms with Crippen molar-refractivity contribution < 1.29 is 4.79 Å². The molecular formula is C18H23ClN4O. The quantitative estimate of drug-likeness (QED) is 0.767. The molecule has 0 unspecified atom stereocenters. The summed E-state index contributed by atoms with van der Waals surface area (Å²) in [5, 5.41) is 6.75. The van der Waals surface area contributed by atoms with Crippen LogP contribution in [0, 0.1) is 5.92 Å². The van der Waals surface area contributed by atoms with Gasteiger partial charge in [0.25, 0.3) is 5.91 Å². The van der Waals surface area contributed by atoms with E-state index in [1.165, 1.54) is 5.56 Å². The van der Waals surface area contributed by atoms with Crippen LogP contribution in [0.2, 0.25) is 5.02 Å². The van der Waals surface area contributed by atoms with E-state index in [0.717, 1.165) is 17.9 Å². The van der Waals surface area contributed by atoms with Crippen LogP contribution in [0.3, 0.4) is 0 Å². The van der Waals surface area contributed by atoms with Gasteiger partial charge in [0.1, 0.15) is 0 Å². The Morgan fingerprint density at radius 3 is 2.42 bits per heavy atom. The van der Waals surface area contributed by atoms with Crippen LogP contribution in [-0.2, 0) is 6.42 Å². The van der Waals surface area contributed by atoms with E-state index in [1.807, 2.05) is 24.3 Å². The van der Waals surface area contributed by atoms with Gasteiger partial charge < -0.3 is 10.6 Å². The van der Waals surface area contributed by atoms with Crippen molar-refractivity contribution in [2.24, 2.45) is 5.92 Å². The van der Waals surface area contributed by atoms with Crippen molar-refractivity contribution in [1.29, 1.82) is 0 Å². The Morgan fingerprint density at radius 2 is 1.79 bits per heavy atom. The van der Waals surface area contributed by atoms with E-state index >= 15 is 0 Å². The molecule has 0 bridgehead atoms. The average molecular weight is 347 g/mol. The molecule has 1 aromatic carbocycles. The van der Waals surface area contributed by atoms with Gasteiger partial charge in [0.15, 0.2) is 0 Å². The summed E-state index contributed by atoms with van der Waals surface area (Å²) in [5.74, 6) is 0.944. The summed E-state index contributed by atoms with van der Waals surface area (Å²) in [5.41, 5.74) is 1.66. The molecule has 2 aromatic rings. The molecule has 0 aliphatic heterocycles. The van der Waals surface area contributed by atoms with E-state index < -0.39 is 0 Å². The highest BCUT2D eigenvalue weighted by molar-refractivity contribution is 6.30. The first kappa shape index (κ1) is 18.2. The van der Waals surface area contributed by atoms with Crippen molar-refractivity contribution >= 4 is 23.5 Å². The van der Waals surface area contributed by atoms with E-state index in [9.17, 15) is 4.79 Å². The van der Waals surface area contributed by atoms with Crippen molar-refractivity contribution in [3.8, 4) is 0 Å². The maximum atomic E-state index is 11.9. The number of amides is 1. The lowest BCUT2D eigenvalue weighted by Crippen LogP contribution is -2.25. The van der Waals surface area contributed by atoms with E-state index in [1.54, 1.807) is 12.4 Å². The third kappa shape index (κ3) is 6.16. The lowest BCUT2D eigenvalue weighted by molar-refractivity contribution is 0.0951. The van der Waals surface area contributed by atoms with Crippen LogP contribution in [0.4, 0.5) is 5.95 Å². The summed E-state index contributed by atoms with van der Waals surface area (Å²) < 4.78 is 0. The first-order valence-corrected chi connectivity index (χ1v) is 8.51. The summed E-state index contributed by atoms with van der Waals surface area (Å²) >= 11 is 5.86. The Balaban J connectivity index is 1.77. The highest BCUT2D eigenvalue weighted by atomic mass is 35.5. The van der Waals surface area contributed by atoms with Crippen LogP contribution in [0.5, 0.6) is 0 Å². The van der Waals surface area contributed by atoms with Gasteiger partial charge in [-0.25, -0.2) is 9.97 Å². The van der Waals surface area contributed by atoms with Gasteiger partial charge in [-0.15, -0.1) is 0 Å². The van der Waals surface area contributed by atoms with Gasteiger partial charge >= 0.3 is 0 Å². The van der Waals surface area contributed by atoms with Crippen molar-refractivity contribution in [2.75, 3.05) is 18.4 Å². The number of anilines is 1. The third-order valence-electron chi connectivity index (χ3n) is 3.53. The molecule has 5 nitrogen and oxygen atoms in total. The molecule has 0 fully saturated rings. The summed E-state index contributed by atoms with van der Waals surface area (Å²) in [6, 6.07) is 7.74. The normalized spacial score (nSPS) is 10.7. The van der Waals surface area contributed by atoms with Crippen molar-refractivity contribution in [3.05, 3.63) is 52.8 Å². The number of benzene rings is 1. The van der Waals surface area contributed by atoms with Crippen LogP contribution in [0.15, 0.2) is 36.7 Å². The number of hydrogen-bond acceptors (Lipinski definition) is 4. The van der Waals surface area contributed by atoms with Gasteiger partial charge in [-0.05, 0) is 36.5 Å². The maximum absolute atomic E-state index is 11.9. The second kappa shape index (κ2) is 9.23. The number of nitrogens with zero attached hydrogens (tertiary/aromatic N) is 2. The van der Waals surface area contributed by atoms with Crippen molar-refractivity contribution in [3.63, 3.8) is 0 Å². The van der Waals surface area contributed by atoms with E-state index in [2.05, 4.69) is 34.4 Å². The maximum Gasteiger partial charge on any atom is 0.254 e. The lowest BCUT2D eigenvalue weighted by atomic mass is 10.1. The highest BCUT2D eigenvalue weighted by Crippen LogP contribution is 2.10. The Morgan fingerprint density at radius 1 is 1.12 bits per heavy atom. The zero-order valence-corrected chi connectivity index (χ0v) is 14.8. The lowest BCUT2D eigenvalue weighted by Gasteiger charge is -2.08. The molecule has 1 heterocycles. The topological polar surface area (TPSA) is 66.9 Å². The van der Waals surface area contributed by atoms with Gasteiger partial charge in [-0.2, -0.15) is 0 Å². The minimum atomic E-state index is -0.136. The molecule has 0 radical (unpaired) electrons. The molecular weight excluding hydrogens is 324 g/mol. The molecule has 0 saturated carbocycles. The highest BCUT2D eigenvalue weighted by Gasteiger charge is 2.07.